The number of carbonyl (C=O) groups is 1. The minimum absolute atomic E-state index is 0.0234. The fourth-order valence-corrected chi connectivity index (χ4v) is 5.31. The van der Waals surface area contributed by atoms with Crippen molar-refractivity contribution in [2.75, 3.05) is 26.1 Å². The summed E-state index contributed by atoms with van der Waals surface area (Å²) in [7, 11) is -0.884. The highest BCUT2D eigenvalue weighted by molar-refractivity contribution is 7.89. The summed E-state index contributed by atoms with van der Waals surface area (Å²) in [5.74, 6) is 0.826. The molecular formula is C18H23N3O6S. The van der Waals surface area contributed by atoms with Gasteiger partial charge >= 0.3 is 0 Å². The summed E-state index contributed by atoms with van der Waals surface area (Å²) in [6.07, 6.45) is 1.01. The van der Waals surface area contributed by atoms with Crippen molar-refractivity contribution in [1.82, 2.24) is 9.46 Å². The maximum absolute atomic E-state index is 13.1. The van der Waals surface area contributed by atoms with Crippen LogP contribution in [0.1, 0.15) is 24.3 Å². The van der Waals surface area contributed by atoms with E-state index in [1.54, 1.807) is 32.0 Å². The number of nitrogens with one attached hydrogen (secondary N) is 1. The van der Waals surface area contributed by atoms with Crippen LogP contribution in [-0.2, 0) is 14.8 Å². The van der Waals surface area contributed by atoms with E-state index < -0.39 is 22.0 Å². The third kappa shape index (κ3) is 3.69. The normalized spacial score (nSPS) is 17.5. The molecular weight excluding hydrogens is 386 g/mol. The fourth-order valence-electron chi connectivity index (χ4n) is 3.36. The van der Waals surface area contributed by atoms with Crippen LogP contribution in [0.2, 0.25) is 0 Å². The number of benzene rings is 1. The van der Waals surface area contributed by atoms with Crippen molar-refractivity contribution in [2.24, 2.45) is 0 Å². The van der Waals surface area contributed by atoms with Gasteiger partial charge in [-0.15, -0.1) is 0 Å². The van der Waals surface area contributed by atoms with E-state index in [4.69, 9.17) is 14.0 Å². The molecule has 1 aliphatic rings. The minimum atomic E-state index is -3.90. The van der Waals surface area contributed by atoms with Crippen molar-refractivity contribution < 1.29 is 27.2 Å². The third-order valence-corrected chi connectivity index (χ3v) is 6.81. The van der Waals surface area contributed by atoms with E-state index in [0.717, 1.165) is 0 Å². The predicted octanol–water partition coefficient (Wildman–Crippen LogP) is 2.10. The smallest absolute Gasteiger partial charge is 0.249 e. The lowest BCUT2D eigenvalue weighted by molar-refractivity contribution is -0.119. The lowest BCUT2D eigenvalue weighted by Gasteiger charge is -2.23. The van der Waals surface area contributed by atoms with E-state index in [9.17, 15) is 13.2 Å². The second-order valence-electron chi connectivity index (χ2n) is 6.52. The zero-order valence-electron chi connectivity index (χ0n) is 16.2. The van der Waals surface area contributed by atoms with Crippen molar-refractivity contribution >= 4 is 21.6 Å². The molecule has 1 fully saturated rings. The van der Waals surface area contributed by atoms with Gasteiger partial charge in [0.15, 0.2) is 5.76 Å². The van der Waals surface area contributed by atoms with E-state index in [1.807, 2.05) is 0 Å². The number of carbonyl (C=O) groups excluding carboxylic acids is 1. The predicted molar refractivity (Wildman–Crippen MR) is 101 cm³/mol. The Morgan fingerprint density at radius 2 is 1.86 bits per heavy atom. The number of amides is 1. The first-order chi connectivity index (χ1) is 13.3. The summed E-state index contributed by atoms with van der Waals surface area (Å²) >= 11 is 0. The van der Waals surface area contributed by atoms with Crippen molar-refractivity contribution in [2.45, 2.75) is 37.6 Å². The molecule has 1 aliphatic heterocycles. The maximum atomic E-state index is 13.1. The maximum Gasteiger partial charge on any atom is 0.249 e. The van der Waals surface area contributed by atoms with Crippen LogP contribution in [0, 0.1) is 13.8 Å². The molecule has 152 valence electrons. The van der Waals surface area contributed by atoms with Crippen LogP contribution in [0.3, 0.4) is 0 Å². The van der Waals surface area contributed by atoms with Gasteiger partial charge in [-0.3, -0.25) is 4.79 Å². The van der Waals surface area contributed by atoms with Crippen LogP contribution in [0.25, 0.3) is 0 Å². The number of hydrogen-bond acceptors (Lipinski definition) is 7. The summed E-state index contributed by atoms with van der Waals surface area (Å²) in [5.41, 5.74) is 0.740. The summed E-state index contributed by atoms with van der Waals surface area (Å²) in [4.78, 5) is 12.9. The zero-order chi connectivity index (χ0) is 20.5. The molecule has 2 aromatic rings. The van der Waals surface area contributed by atoms with E-state index >= 15 is 0 Å². The Morgan fingerprint density at radius 3 is 2.39 bits per heavy atom. The van der Waals surface area contributed by atoms with Gasteiger partial charge in [-0.05, 0) is 26.7 Å². The zero-order valence-corrected chi connectivity index (χ0v) is 17.0. The number of nitrogens with zero attached hydrogens (tertiary/aromatic N) is 2. The molecule has 0 spiro atoms. The average molecular weight is 409 g/mol. The number of rotatable bonds is 6. The van der Waals surface area contributed by atoms with Crippen molar-refractivity contribution in [3.05, 3.63) is 29.7 Å². The number of hydrogen-bond donors (Lipinski definition) is 1. The van der Waals surface area contributed by atoms with Gasteiger partial charge in [-0.25, -0.2) is 8.42 Å². The monoisotopic (exact) mass is 409 g/mol. The Kier molecular flexibility index (Phi) is 5.61. The number of anilines is 1. The Balaban J connectivity index is 1.86. The van der Waals surface area contributed by atoms with Crippen LogP contribution in [0.5, 0.6) is 11.5 Å². The van der Waals surface area contributed by atoms with E-state index in [2.05, 4.69) is 10.5 Å². The molecule has 28 heavy (non-hydrogen) atoms. The number of aryl methyl sites for hydroxylation is 2. The van der Waals surface area contributed by atoms with Crippen LogP contribution >= 0.6 is 0 Å². The van der Waals surface area contributed by atoms with Crippen LogP contribution in [0.4, 0.5) is 5.69 Å². The van der Waals surface area contributed by atoms with Crippen LogP contribution in [-0.4, -0.2) is 50.6 Å². The Bertz CT molecular complexity index is 943. The van der Waals surface area contributed by atoms with E-state index in [1.165, 1.54) is 18.5 Å². The van der Waals surface area contributed by atoms with Crippen molar-refractivity contribution in [1.29, 1.82) is 0 Å². The van der Waals surface area contributed by atoms with E-state index in [0.29, 0.717) is 30.0 Å². The molecule has 1 atom stereocenters. The molecule has 1 N–H and O–H groups in total. The van der Waals surface area contributed by atoms with Gasteiger partial charge in [0.05, 0.1) is 14.2 Å². The van der Waals surface area contributed by atoms with Gasteiger partial charge in [-0.2, -0.15) is 4.31 Å². The largest absolute Gasteiger partial charge is 0.497 e. The third-order valence-electron chi connectivity index (χ3n) is 4.66. The van der Waals surface area contributed by atoms with Gasteiger partial charge in [0.2, 0.25) is 15.9 Å². The van der Waals surface area contributed by atoms with Crippen molar-refractivity contribution in [3.63, 3.8) is 0 Å². The summed E-state index contributed by atoms with van der Waals surface area (Å²) in [6, 6.07) is 4.14. The second kappa shape index (κ2) is 7.80. The molecule has 1 amide bonds. The molecule has 2 heterocycles. The lowest BCUT2D eigenvalue weighted by atomic mass is 10.2. The van der Waals surface area contributed by atoms with Crippen LogP contribution in [0.15, 0.2) is 27.6 Å². The highest BCUT2D eigenvalue weighted by Gasteiger charge is 2.41. The van der Waals surface area contributed by atoms with Gasteiger partial charge in [-0.1, -0.05) is 5.16 Å². The topological polar surface area (TPSA) is 111 Å². The molecule has 0 saturated carbocycles. The fraction of sp³-hybridized carbons (Fsp3) is 0.444. The first kappa shape index (κ1) is 20.2. The molecule has 9 nitrogen and oxygen atoms in total. The first-order valence-corrected chi connectivity index (χ1v) is 10.2. The molecule has 10 heteroatoms. The minimum Gasteiger partial charge on any atom is -0.497 e. The SMILES string of the molecule is COc1cc(NC(=O)C2CCCN2S(=O)(=O)c2c(C)noc2C)cc(OC)c1. The molecule has 1 unspecified atom stereocenters. The average Bonchev–Trinajstić information content (AvgIpc) is 3.28. The second-order valence-corrected chi connectivity index (χ2v) is 8.35. The van der Waals surface area contributed by atoms with Crippen molar-refractivity contribution in [3.8, 4) is 11.5 Å². The quantitative estimate of drug-likeness (QED) is 0.778. The Morgan fingerprint density at radius 1 is 1.21 bits per heavy atom. The molecule has 0 bridgehead atoms. The molecule has 1 saturated heterocycles. The van der Waals surface area contributed by atoms with Gasteiger partial charge in [0.25, 0.3) is 0 Å². The lowest BCUT2D eigenvalue weighted by Crippen LogP contribution is -2.43. The van der Waals surface area contributed by atoms with Gasteiger partial charge < -0.3 is 19.3 Å². The number of ether oxygens (including phenoxy) is 2. The Labute approximate surface area is 163 Å². The molecule has 0 aliphatic carbocycles. The molecule has 1 aromatic carbocycles. The summed E-state index contributed by atoms with van der Waals surface area (Å²) < 4.78 is 42.8. The summed E-state index contributed by atoms with van der Waals surface area (Å²) in [6.45, 7) is 3.36. The highest BCUT2D eigenvalue weighted by Crippen LogP contribution is 2.31. The summed E-state index contributed by atoms with van der Waals surface area (Å²) in [5, 5.41) is 6.49. The van der Waals surface area contributed by atoms with E-state index in [-0.39, 0.29) is 22.9 Å². The Hall–Kier alpha value is -2.59. The number of sulfonamides is 1. The number of aromatic nitrogens is 1. The number of methoxy groups -OCH3 is 2. The first-order valence-electron chi connectivity index (χ1n) is 8.76. The van der Waals surface area contributed by atoms with Crippen LogP contribution < -0.4 is 14.8 Å². The molecule has 1 aromatic heterocycles. The molecule has 0 radical (unpaired) electrons. The standard InChI is InChI=1S/C18H23N3O6S/c1-11-17(12(2)27-20-11)28(23,24)21-7-5-6-16(21)18(22)19-13-8-14(25-3)10-15(9-13)26-4/h8-10,16H,5-7H2,1-4H3,(H,19,22). The molecule has 3 rings (SSSR count). The van der Waals surface area contributed by atoms with Gasteiger partial charge in [0.1, 0.15) is 28.1 Å². The highest BCUT2D eigenvalue weighted by atomic mass is 32.2. The van der Waals surface area contributed by atoms with Gasteiger partial charge in [0, 0.05) is 30.4 Å².